The van der Waals surface area contributed by atoms with Crippen LogP contribution >= 0.6 is 0 Å². The Bertz CT molecular complexity index is 1170. The zero-order chi connectivity index (χ0) is 23.8. The van der Waals surface area contributed by atoms with Gasteiger partial charge < -0.3 is 14.6 Å². The van der Waals surface area contributed by atoms with E-state index in [4.69, 9.17) is 4.74 Å². The number of anilines is 2. The molecule has 0 radical (unpaired) electrons. The molecular weight excluding hydrogens is 428 g/mol. The van der Waals surface area contributed by atoms with Crippen LogP contribution in [-0.2, 0) is 9.53 Å². The van der Waals surface area contributed by atoms with Crippen LogP contribution in [-0.4, -0.2) is 22.5 Å². The third-order valence-electron chi connectivity index (χ3n) is 6.00. The molecule has 2 amide bonds. The van der Waals surface area contributed by atoms with Crippen LogP contribution in [0.25, 0.3) is 5.69 Å². The lowest BCUT2D eigenvalue weighted by Gasteiger charge is -2.17. The number of aromatic nitrogens is 1. The second-order valence-corrected chi connectivity index (χ2v) is 8.27. The third kappa shape index (κ3) is 4.60. The molecule has 3 atom stereocenters. The van der Waals surface area contributed by atoms with Crippen LogP contribution in [0.15, 0.2) is 66.9 Å². The first-order chi connectivity index (χ1) is 15.7. The second-order valence-electron chi connectivity index (χ2n) is 8.27. The molecule has 0 unspecified atom stereocenters. The van der Waals surface area contributed by atoms with Crippen LogP contribution in [0.5, 0.6) is 0 Å². The quantitative estimate of drug-likeness (QED) is 0.486. The minimum absolute atomic E-state index is 0.418. The minimum Gasteiger partial charge on any atom is -0.441 e. The molecular formula is C25H25F2N3O3. The van der Waals surface area contributed by atoms with Crippen molar-refractivity contribution in [2.24, 2.45) is 11.8 Å². The van der Waals surface area contributed by atoms with Gasteiger partial charge in [-0.05, 0) is 61.4 Å². The number of nitrogens with one attached hydrogen (secondary N) is 2. The average molecular weight is 453 g/mol. The standard InChI is InChI=1S/C25H25F2N3O3/c1-15-7-4-5-8-20(15)17(3)33-24(32)29-21-9-6-14-30(21)19-12-10-18(11-13-19)28-23(31)22-16(2)25(22,26)27/h4-14,16-17,22H,1-3H3,(H,28,31)(H,29,32)/t16-,17+,22-/m0/s1. The molecule has 1 heterocycles. The van der Waals surface area contributed by atoms with Gasteiger partial charge in [0.05, 0.1) is 0 Å². The molecule has 2 N–H and O–H groups in total. The molecule has 0 bridgehead atoms. The zero-order valence-corrected chi connectivity index (χ0v) is 18.5. The summed E-state index contributed by atoms with van der Waals surface area (Å²) in [5.74, 6) is -5.36. The summed E-state index contributed by atoms with van der Waals surface area (Å²) in [5, 5.41) is 5.27. The lowest BCUT2D eigenvalue weighted by molar-refractivity contribution is -0.119. The van der Waals surface area contributed by atoms with Crippen molar-refractivity contribution in [3.63, 3.8) is 0 Å². The van der Waals surface area contributed by atoms with E-state index in [1.807, 2.05) is 38.1 Å². The van der Waals surface area contributed by atoms with Gasteiger partial charge in [0, 0.05) is 23.5 Å². The molecule has 1 saturated carbocycles. The predicted molar refractivity (Wildman–Crippen MR) is 122 cm³/mol. The van der Waals surface area contributed by atoms with Gasteiger partial charge in [0.25, 0.3) is 5.92 Å². The normalized spacial score (nSPS) is 19.4. The minimum atomic E-state index is -2.94. The SMILES string of the molecule is Cc1ccccc1[C@@H](C)OC(=O)Nc1cccn1-c1ccc(NC(=O)[C@@H]2[C@H](C)C2(F)F)cc1. The highest BCUT2D eigenvalue weighted by molar-refractivity contribution is 5.95. The predicted octanol–water partition coefficient (Wildman–Crippen LogP) is 5.94. The summed E-state index contributed by atoms with van der Waals surface area (Å²) in [6.07, 6.45) is 0.758. The van der Waals surface area contributed by atoms with Gasteiger partial charge >= 0.3 is 6.09 Å². The summed E-state index contributed by atoms with van der Waals surface area (Å²) in [4.78, 5) is 24.5. The third-order valence-corrected chi connectivity index (χ3v) is 6.00. The smallest absolute Gasteiger partial charge is 0.413 e. The maximum Gasteiger partial charge on any atom is 0.413 e. The summed E-state index contributed by atoms with van der Waals surface area (Å²) < 4.78 is 34.1. The number of nitrogens with zero attached hydrogens (tertiary/aromatic N) is 1. The van der Waals surface area contributed by atoms with E-state index in [-0.39, 0.29) is 0 Å². The fourth-order valence-electron chi connectivity index (χ4n) is 3.92. The molecule has 2 aromatic carbocycles. The van der Waals surface area contributed by atoms with Crippen LogP contribution in [0.1, 0.15) is 31.1 Å². The van der Waals surface area contributed by atoms with Crippen molar-refractivity contribution in [2.75, 3.05) is 10.6 Å². The molecule has 6 nitrogen and oxygen atoms in total. The molecule has 1 aromatic heterocycles. The molecule has 8 heteroatoms. The number of ether oxygens (including phenoxy) is 1. The maximum absolute atomic E-state index is 13.4. The van der Waals surface area contributed by atoms with Crippen LogP contribution < -0.4 is 10.6 Å². The molecule has 0 aliphatic heterocycles. The summed E-state index contributed by atoms with van der Waals surface area (Å²) >= 11 is 0. The van der Waals surface area contributed by atoms with Crippen molar-refractivity contribution >= 4 is 23.5 Å². The number of hydrogen-bond acceptors (Lipinski definition) is 3. The van der Waals surface area contributed by atoms with E-state index in [1.54, 1.807) is 47.2 Å². The number of amides is 2. The van der Waals surface area contributed by atoms with Gasteiger partial charge in [-0.3, -0.25) is 10.1 Å². The van der Waals surface area contributed by atoms with Crippen molar-refractivity contribution in [1.29, 1.82) is 0 Å². The van der Waals surface area contributed by atoms with Gasteiger partial charge in [0.2, 0.25) is 5.91 Å². The number of alkyl halides is 2. The Morgan fingerprint density at radius 1 is 1.03 bits per heavy atom. The fourth-order valence-corrected chi connectivity index (χ4v) is 3.92. The number of carbonyl (C=O) groups is 2. The number of benzene rings is 2. The monoisotopic (exact) mass is 453 g/mol. The summed E-state index contributed by atoms with van der Waals surface area (Å²) in [6.45, 7) is 5.13. The Morgan fingerprint density at radius 2 is 1.70 bits per heavy atom. The Morgan fingerprint density at radius 3 is 2.33 bits per heavy atom. The zero-order valence-electron chi connectivity index (χ0n) is 18.5. The van der Waals surface area contributed by atoms with E-state index < -0.39 is 35.9 Å². The van der Waals surface area contributed by atoms with Crippen molar-refractivity contribution in [3.05, 3.63) is 78.0 Å². The Kier molecular flexibility index (Phi) is 5.93. The Balaban J connectivity index is 1.39. The van der Waals surface area contributed by atoms with Gasteiger partial charge in [-0.15, -0.1) is 0 Å². The van der Waals surface area contributed by atoms with Gasteiger partial charge in [-0.25, -0.2) is 13.6 Å². The maximum atomic E-state index is 13.4. The largest absolute Gasteiger partial charge is 0.441 e. The van der Waals surface area contributed by atoms with Crippen LogP contribution in [0.4, 0.5) is 25.1 Å². The van der Waals surface area contributed by atoms with E-state index in [2.05, 4.69) is 10.6 Å². The van der Waals surface area contributed by atoms with Crippen LogP contribution in [0, 0.1) is 18.8 Å². The molecule has 0 saturated heterocycles. The fraction of sp³-hybridized carbons (Fsp3) is 0.280. The van der Waals surface area contributed by atoms with Crippen LogP contribution in [0.2, 0.25) is 0 Å². The number of hydrogen-bond donors (Lipinski definition) is 2. The highest BCUT2D eigenvalue weighted by Gasteiger charge is 2.69. The molecule has 172 valence electrons. The lowest BCUT2D eigenvalue weighted by atomic mass is 10.1. The highest BCUT2D eigenvalue weighted by atomic mass is 19.3. The van der Waals surface area contributed by atoms with Gasteiger partial charge in [0.15, 0.2) is 0 Å². The molecule has 3 aromatic rings. The molecule has 4 rings (SSSR count). The molecule has 33 heavy (non-hydrogen) atoms. The van der Waals surface area contributed by atoms with E-state index in [1.165, 1.54) is 6.92 Å². The number of aryl methyl sites for hydroxylation is 1. The molecule has 0 spiro atoms. The summed E-state index contributed by atoms with van der Waals surface area (Å²) in [6, 6.07) is 17.9. The Hall–Kier alpha value is -3.68. The van der Waals surface area contributed by atoms with E-state index in [0.717, 1.165) is 11.1 Å². The van der Waals surface area contributed by atoms with Gasteiger partial charge in [-0.1, -0.05) is 31.2 Å². The first kappa shape index (κ1) is 22.5. The van der Waals surface area contributed by atoms with Gasteiger partial charge in [0.1, 0.15) is 17.8 Å². The molecule has 1 fully saturated rings. The molecule has 1 aliphatic rings. The van der Waals surface area contributed by atoms with E-state index in [0.29, 0.717) is 17.2 Å². The summed E-state index contributed by atoms with van der Waals surface area (Å²) in [5.41, 5.74) is 3.10. The number of halogens is 2. The summed E-state index contributed by atoms with van der Waals surface area (Å²) in [7, 11) is 0. The molecule has 1 aliphatic carbocycles. The first-order valence-electron chi connectivity index (χ1n) is 10.7. The topological polar surface area (TPSA) is 72.4 Å². The highest BCUT2D eigenvalue weighted by Crippen LogP contribution is 2.55. The van der Waals surface area contributed by atoms with Gasteiger partial charge in [-0.2, -0.15) is 0 Å². The first-order valence-corrected chi connectivity index (χ1v) is 10.7. The second kappa shape index (κ2) is 8.69. The number of carbonyl (C=O) groups excluding carboxylic acids is 2. The van der Waals surface area contributed by atoms with Crippen molar-refractivity contribution in [3.8, 4) is 5.69 Å². The van der Waals surface area contributed by atoms with E-state index in [9.17, 15) is 18.4 Å². The van der Waals surface area contributed by atoms with E-state index >= 15 is 0 Å². The van der Waals surface area contributed by atoms with Crippen molar-refractivity contribution in [2.45, 2.75) is 32.8 Å². The lowest BCUT2D eigenvalue weighted by Crippen LogP contribution is -2.18. The van der Waals surface area contributed by atoms with Crippen LogP contribution in [0.3, 0.4) is 0 Å². The average Bonchev–Trinajstić information content (AvgIpc) is 3.07. The van der Waals surface area contributed by atoms with Crippen molar-refractivity contribution < 1.29 is 23.1 Å². The Labute approximate surface area is 190 Å². The van der Waals surface area contributed by atoms with Crippen molar-refractivity contribution in [1.82, 2.24) is 4.57 Å². The number of rotatable bonds is 6.